The van der Waals surface area contributed by atoms with Gasteiger partial charge in [0.25, 0.3) is 11.8 Å². The summed E-state index contributed by atoms with van der Waals surface area (Å²) in [4.78, 5) is 29.0. The first-order valence-corrected chi connectivity index (χ1v) is 9.99. The SMILES string of the molecule is O=C(NCCN1CCOCC1)c1ccc(C(=O)NCCN2CCOCC2)cc1. The number of hydrogen-bond donors (Lipinski definition) is 2. The van der Waals surface area contributed by atoms with Crippen LogP contribution >= 0.6 is 0 Å². The summed E-state index contributed by atoms with van der Waals surface area (Å²) >= 11 is 0. The highest BCUT2D eigenvalue weighted by Gasteiger charge is 2.13. The molecule has 2 saturated heterocycles. The minimum absolute atomic E-state index is 0.118. The fourth-order valence-corrected chi connectivity index (χ4v) is 3.28. The Balaban J connectivity index is 1.36. The van der Waals surface area contributed by atoms with Gasteiger partial charge in [-0.1, -0.05) is 0 Å². The molecule has 0 saturated carbocycles. The number of benzene rings is 1. The Morgan fingerprint density at radius 3 is 1.43 bits per heavy atom. The minimum Gasteiger partial charge on any atom is -0.379 e. The van der Waals surface area contributed by atoms with Crippen molar-refractivity contribution in [2.24, 2.45) is 0 Å². The maximum Gasteiger partial charge on any atom is 0.251 e. The molecule has 2 N–H and O–H groups in total. The summed E-state index contributed by atoms with van der Waals surface area (Å²) < 4.78 is 10.6. The van der Waals surface area contributed by atoms with Gasteiger partial charge in [-0.15, -0.1) is 0 Å². The number of amides is 2. The highest BCUT2D eigenvalue weighted by Crippen LogP contribution is 2.05. The van der Waals surface area contributed by atoms with Crippen LogP contribution in [0.4, 0.5) is 0 Å². The zero-order valence-corrected chi connectivity index (χ0v) is 16.3. The monoisotopic (exact) mass is 390 g/mol. The zero-order valence-electron chi connectivity index (χ0n) is 16.3. The maximum atomic E-state index is 12.2. The number of nitrogens with zero attached hydrogens (tertiary/aromatic N) is 2. The number of nitrogens with one attached hydrogen (secondary N) is 2. The standard InChI is InChI=1S/C20H30N4O4/c25-19(21-5-7-23-9-13-27-14-10-23)17-1-2-18(4-3-17)20(26)22-6-8-24-11-15-28-16-12-24/h1-4H,5-16H2,(H,21,25)(H,22,26). The molecule has 1 aromatic carbocycles. The number of carbonyl (C=O) groups excluding carboxylic acids is 2. The molecule has 8 nitrogen and oxygen atoms in total. The van der Waals surface area contributed by atoms with Gasteiger partial charge in [0.2, 0.25) is 0 Å². The smallest absolute Gasteiger partial charge is 0.251 e. The van der Waals surface area contributed by atoms with Gasteiger partial charge in [-0.2, -0.15) is 0 Å². The molecule has 2 fully saturated rings. The van der Waals surface area contributed by atoms with Gasteiger partial charge >= 0.3 is 0 Å². The molecular formula is C20H30N4O4. The van der Waals surface area contributed by atoms with E-state index in [1.54, 1.807) is 24.3 Å². The van der Waals surface area contributed by atoms with E-state index in [1.807, 2.05) is 0 Å². The molecule has 2 aliphatic heterocycles. The number of carbonyl (C=O) groups is 2. The molecule has 2 heterocycles. The number of ether oxygens (including phenoxy) is 2. The molecule has 0 aromatic heterocycles. The zero-order chi connectivity index (χ0) is 19.6. The molecular weight excluding hydrogens is 360 g/mol. The quantitative estimate of drug-likeness (QED) is 0.640. The van der Waals surface area contributed by atoms with Gasteiger partial charge in [0.1, 0.15) is 0 Å². The van der Waals surface area contributed by atoms with E-state index in [1.165, 1.54) is 0 Å². The molecule has 0 bridgehead atoms. The highest BCUT2D eigenvalue weighted by molar-refractivity contribution is 5.97. The summed E-state index contributed by atoms with van der Waals surface area (Å²) in [5.41, 5.74) is 1.12. The second-order valence-electron chi connectivity index (χ2n) is 7.00. The van der Waals surface area contributed by atoms with Gasteiger partial charge in [-0.05, 0) is 24.3 Å². The third-order valence-corrected chi connectivity index (χ3v) is 5.04. The van der Waals surface area contributed by atoms with E-state index in [0.717, 1.165) is 65.7 Å². The lowest BCUT2D eigenvalue weighted by molar-refractivity contribution is 0.0382. The molecule has 28 heavy (non-hydrogen) atoms. The Labute approximate surface area is 166 Å². The Morgan fingerprint density at radius 1 is 0.714 bits per heavy atom. The van der Waals surface area contributed by atoms with Crippen molar-refractivity contribution in [3.8, 4) is 0 Å². The van der Waals surface area contributed by atoms with E-state index in [4.69, 9.17) is 9.47 Å². The van der Waals surface area contributed by atoms with E-state index in [2.05, 4.69) is 20.4 Å². The van der Waals surface area contributed by atoms with Crippen LogP contribution in [0.25, 0.3) is 0 Å². The van der Waals surface area contributed by atoms with Crippen LogP contribution in [0.1, 0.15) is 20.7 Å². The lowest BCUT2D eigenvalue weighted by atomic mass is 10.1. The van der Waals surface area contributed by atoms with Crippen LogP contribution in [0, 0.1) is 0 Å². The van der Waals surface area contributed by atoms with Crippen LogP contribution in [-0.4, -0.2) is 100 Å². The molecule has 0 unspecified atom stereocenters. The molecule has 2 aliphatic rings. The van der Waals surface area contributed by atoms with E-state index < -0.39 is 0 Å². The van der Waals surface area contributed by atoms with E-state index in [-0.39, 0.29) is 11.8 Å². The van der Waals surface area contributed by atoms with Gasteiger partial charge < -0.3 is 20.1 Å². The third-order valence-electron chi connectivity index (χ3n) is 5.04. The Bertz CT molecular complexity index is 571. The van der Waals surface area contributed by atoms with Gasteiger partial charge in [0.05, 0.1) is 26.4 Å². The van der Waals surface area contributed by atoms with Crippen molar-refractivity contribution in [3.63, 3.8) is 0 Å². The Kier molecular flexibility index (Phi) is 8.23. The van der Waals surface area contributed by atoms with E-state index in [9.17, 15) is 9.59 Å². The summed E-state index contributed by atoms with van der Waals surface area (Å²) in [7, 11) is 0. The van der Waals surface area contributed by atoms with Gasteiger partial charge in [-0.3, -0.25) is 19.4 Å². The van der Waals surface area contributed by atoms with Crippen LogP contribution < -0.4 is 10.6 Å². The van der Waals surface area contributed by atoms with Crippen molar-refractivity contribution in [3.05, 3.63) is 35.4 Å². The molecule has 2 amide bonds. The molecule has 0 radical (unpaired) electrons. The first-order chi connectivity index (χ1) is 13.7. The Hall–Kier alpha value is -2.00. The maximum absolute atomic E-state index is 12.2. The average Bonchev–Trinajstić information content (AvgIpc) is 2.75. The number of rotatable bonds is 8. The van der Waals surface area contributed by atoms with Crippen molar-refractivity contribution in [1.29, 1.82) is 0 Å². The normalized spacial score (nSPS) is 18.6. The molecule has 154 valence electrons. The van der Waals surface area contributed by atoms with E-state index >= 15 is 0 Å². The molecule has 8 heteroatoms. The molecule has 0 spiro atoms. The minimum atomic E-state index is -0.118. The van der Waals surface area contributed by atoms with Crippen LogP contribution in [0.5, 0.6) is 0 Å². The van der Waals surface area contributed by atoms with Crippen molar-refractivity contribution >= 4 is 11.8 Å². The third kappa shape index (κ3) is 6.56. The van der Waals surface area contributed by atoms with Crippen molar-refractivity contribution in [2.75, 3.05) is 78.8 Å². The lowest BCUT2D eigenvalue weighted by Crippen LogP contribution is -2.41. The summed E-state index contributed by atoms with van der Waals surface area (Å²) in [5, 5.41) is 5.86. The van der Waals surface area contributed by atoms with E-state index in [0.29, 0.717) is 24.2 Å². The number of hydrogen-bond acceptors (Lipinski definition) is 6. The van der Waals surface area contributed by atoms with Crippen molar-refractivity contribution < 1.29 is 19.1 Å². The van der Waals surface area contributed by atoms with Crippen LogP contribution in [0.3, 0.4) is 0 Å². The largest absolute Gasteiger partial charge is 0.379 e. The summed E-state index contributed by atoms with van der Waals surface area (Å²) in [6.45, 7) is 9.48. The first kappa shape index (κ1) is 20.7. The molecule has 1 aromatic rings. The fourth-order valence-electron chi connectivity index (χ4n) is 3.28. The van der Waals surface area contributed by atoms with Crippen LogP contribution in [0.2, 0.25) is 0 Å². The topological polar surface area (TPSA) is 83.1 Å². The summed E-state index contributed by atoms with van der Waals surface area (Å²) in [6, 6.07) is 6.78. The predicted molar refractivity (Wildman–Crippen MR) is 106 cm³/mol. The van der Waals surface area contributed by atoms with Gasteiger partial charge in [0, 0.05) is 63.5 Å². The second-order valence-corrected chi connectivity index (χ2v) is 7.00. The lowest BCUT2D eigenvalue weighted by Gasteiger charge is -2.26. The van der Waals surface area contributed by atoms with Crippen LogP contribution in [0.15, 0.2) is 24.3 Å². The summed E-state index contributed by atoms with van der Waals surface area (Å²) in [5.74, 6) is -0.236. The highest BCUT2D eigenvalue weighted by atomic mass is 16.5. The molecule has 3 rings (SSSR count). The van der Waals surface area contributed by atoms with Crippen molar-refractivity contribution in [2.45, 2.75) is 0 Å². The fraction of sp³-hybridized carbons (Fsp3) is 0.600. The number of morpholine rings is 2. The second kappa shape index (κ2) is 11.1. The summed E-state index contributed by atoms with van der Waals surface area (Å²) in [6.07, 6.45) is 0. The van der Waals surface area contributed by atoms with Crippen molar-refractivity contribution in [1.82, 2.24) is 20.4 Å². The van der Waals surface area contributed by atoms with Crippen LogP contribution in [-0.2, 0) is 9.47 Å². The first-order valence-electron chi connectivity index (χ1n) is 9.99. The predicted octanol–water partition coefficient (Wildman–Crippen LogP) is -0.189. The van der Waals surface area contributed by atoms with Gasteiger partial charge in [-0.25, -0.2) is 0 Å². The average molecular weight is 390 g/mol. The molecule has 0 aliphatic carbocycles. The van der Waals surface area contributed by atoms with Gasteiger partial charge in [0.15, 0.2) is 0 Å². The Morgan fingerprint density at radius 2 is 1.07 bits per heavy atom. The molecule has 0 atom stereocenters.